The Bertz CT molecular complexity index is 754. The lowest BCUT2D eigenvalue weighted by molar-refractivity contribution is -0.953. The average molecular weight is 366 g/mol. The maximum atomic E-state index is 12.8. The molecule has 3 fully saturated rings. The molecule has 0 aromatic heterocycles. The van der Waals surface area contributed by atoms with E-state index in [2.05, 4.69) is 17.1 Å². The van der Waals surface area contributed by atoms with E-state index in [1.807, 2.05) is 54.6 Å². The summed E-state index contributed by atoms with van der Waals surface area (Å²) in [6.07, 6.45) is 0. The number of quaternary nitrogens is 1. The van der Waals surface area contributed by atoms with Crippen molar-refractivity contribution in [2.75, 3.05) is 44.6 Å². The summed E-state index contributed by atoms with van der Waals surface area (Å²) in [5.74, 6) is 0.919. The molecule has 5 nitrogen and oxygen atoms in total. The van der Waals surface area contributed by atoms with Crippen LogP contribution in [0.25, 0.3) is 0 Å². The van der Waals surface area contributed by atoms with Gasteiger partial charge in [0, 0.05) is 25.3 Å². The van der Waals surface area contributed by atoms with Crippen molar-refractivity contribution in [1.29, 1.82) is 0 Å². The van der Waals surface area contributed by atoms with Crippen molar-refractivity contribution in [3.8, 4) is 5.75 Å². The summed E-state index contributed by atoms with van der Waals surface area (Å²) in [4.78, 5) is 15.3. The summed E-state index contributed by atoms with van der Waals surface area (Å²) in [5.41, 5.74) is 1.96. The van der Waals surface area contributed by atoms with Crippen LogP contribution in [0.5, 0.6) is 5.75 Å². The lowest BCUT2D eigenvalue weighted by Crippen LogP contribution is -2.72. The standard InChI is InChI=1S/C22H27N3O2/c1-18(25-14-11-24(12-15-25)13-16-25)22(26)23-20-7-9-21(10-8-20)27-17-19-5-3-2-4-6-19/h2-10,18H,11-17H2,1H3/p+1/t18-/m1/s1. The number of fused-ring (bicyclic) bond motifs is 3. The fourth-order valence-electron chi connectivity index (χ4n) is 4.14. The molecule has 5 heteroatoms. The van der Waals surface area contributed by atoms with Gasteiger partial charge in [0.15, 0.2) is 6.04 Å². The van der Waals surface area contributed by atoms with Crippen LogP contribution in [0.4, 0.5) is 5.69 Å². The SMILES string of the molecule is C[C@H](C(=O)Nc1ccc(OCc2ccccc2)cc1)[N+]12CCN(CC1)CC2. The third kappa shape index (κ3) is 3.99. The van der Waals surface area contributed by atoms with Crippen molar-refractivity contribution in [3.05, 3.63) is 60.2 Å². The lowest BCUT2D eigenvalue weighted by atomic mass is 10.1. The van der Waals surface area contributed by atoms with Crippen LogP contribution in [0, 0.1) is 0 Å². The van der Waals surface area contributed by atoms with Gasteiger partial charge in [0.25, 0.3) is 5.91 Å². The van der Waals surface area contributed by atoms with Gasteiger partial charge in [0.1, 0.15) is 12.4 Å². The first-order valence-electron chi connectivity index (χ1n) is 9.80. The van der Waals surface area contributed by atoms with Gasteiger partial charge in [-0.1, -0.05) is 30.3 Å². The quantitative estimate of drug-likeness (QED) is 0.800. The number of anilines is 1. The van der Waals surface area contributed by atoms with Crippen molar-refractivity contribution in [3.63, 3.8) is 0 Å². The minimum Gasteiger partial charge on any atom is -0.489 e. The molecule has 1 amide bonds. The van der Waals surface area contributed by atoms with Gasteiger partial charge in [-0.2, -0.15) is 0 Å². The molecular formula is C22H28N3O2+. The molecule has 0 unspecified atom stereocenters. The second kappa shape index (κ2) is 7.71. The highest BCUT2D eigenvalue weighted by Gasteiger charge is 2.45. The maximum absolute atomic E-state index is 12.8. The first-order valence-corrected chi connectivity index (χ1v) is 9.80. The van der Waals surface area contributed by atoms with E-state index in [-0.39, 0.29) is 11.9 Å². The molecule has 0 aliphatic carbocycles. The maximum Gasteiger partial charge on any atom is 0.282 e. The number of rotatable bonds is 6. The fraction of sp³-hybridized carbons (Fsp3) is 0.409. The number of carbonyl (C=O) groups is 1. The summed E-state index contributed by atoms with van der Waals surface area (Å²) in [6, 6.07) is 17.7. The van der Waals surface area contributed by atoms with E-state index in [0.717, 1.165) is 60.8 Å². The summed E-state index contributed by atoms with van der Waals surface area (Å²) >= 11 is 0. The number of nitrogens with one attached hydrogen (secondary N) is 1. The van der Waals surface area contributed by atoms with E-state index in [9.17, 15) is 4.79 Å². The molecule has 3 heterocycles. The summed E-state index contributed by atoms with van der Waals surface area (Å²) in [5, 5.41) is 3.09. The molecule has 2 aromatic carbocycles. The third-order valence-corrected chi connectivity index (χ3v) is 6.16. The topological polar surface area (TPSA) is 41.6 Å². The smallest absolute Gasteiger partial charge is 0.282 e. The molecule has 2 bridgehead atoms. The highest BCUT2D eigenvalue weighted by molar-refractivity contribution is 5.93. The predicted molar refractivity (Wildman–Crippen MR) is 107 cm³/mol. The zero-order valence-corrected chi connectivity index (χ0v) is 15.9. The van der Waals surface area contributed by atoms with E-state index in [4.69, 9.17) is 4.74 Å². The van der Waals surface area contributed by atoms with Gasteiger partial charge >= 0.3 is 0 Å². The summed E-state index contributed by atoms with van der Waals surface area (Å²) < 4.78 is 6.74. The van der Waals surface area contributed by atoms with Gasteiger partial charge in [0.05, 0.1) is 19.6 Å². The lowest BCUT2D eigenvalue weighted by Gasteiger charge is -2.52. The second-order valence-corrected chi connectivity index (χ2v) is 7.69. The van der Waals surface area contributed by atoms with Crippen molar-refractivity contribution in [2.24, 2.45) is 0 Å². The van der Waals surface area contributed by atoms with Gasteiger partial charge in [-0.3, -0.25) is 9.69 Å². The summed E-state index contributed by atoms with van der Waals surface area (Å²) in [7, 11) is 0. The first kappa shape index (κ1) is 18.0. The Morgan fingerprint density at radius 1 is 1.04 bits per heavy atom. The zero-order chi connectivity index (χ0) is 18.7. The van der Waals surface area contributed by atoms with Crippen LogP contribution in [-0.2, 0) is 11.4 Å². The molecule has 0 radical (unpaired) electrons. The Morgan fingerprint density at radius 2 is 1.67 bits per heavy atom. The molecule has 5 rings (SSSR count). The molecule has 2 aromatic rings. The van der Waals surface area contributed by atoms with E-state index in [1.165, 1.54) is 0 Å². The molecule has 1 N–H and O–H groups in total. The van der Waals surface area contributed by atoms with Gasteiger partial charge in [0.2, 0.25) is 0 Å². The molecule has 27 heavy (non-hydrogen) atoms. The second-order valence-electron chi connectivity index (χ2n) is 7.69. The number of benzene rings is 2. The van der Waals surface area contributed by atoms with Gasteiger partial charge < -0.3 is 14.5 Å². The van der Waals surface area contributed by atoms with Crippen molar-refractivity contribution >= 4 is 11.6 Å². The van der Waals surface area contributed by atoms with Crippen LogP contribution < -0.4 is 10.1 Å². The number of hydrogen-bond acceptors (Lipinski definition) is 3. The number of hydrogen-bond donors (Lipinski definition) is 1. The van der Waals surface area contributed by atoms with E-state index < -0.39 is 0 Å². The molecule has 1 atom stereocenters. The largest absolute Gasteiger partial charge is 0.489 e. The van der Waals surface area contributed by atoms with Gasteiger partial charge in [-0.25, -0.2) is 0 Å². The van der Waals surface area contributed by atoms with Crippen LogP contribution in [0.1, 0.15) is 12.5 Å². The monoisotopic (exact) mass is 366 g/mol. The molecule has 0 spiro atoms. The van der Waals surface area contributed by atoms with Crippen LogP contribution in [0.15, 0.2) is 54.6 Å². The molecular weight excluding hydrogens is 338 g/mol. The number of amides is 1. The fourth-order valence-corrected chi connectivity index (χ4v) is 4.14. The van der Waals surface area contributed by atoms with Gasteiger partial charge in [-0.05, 0) is 36.8 Å². The minimum absolute atomic E-state index is 0.0125. The Labute approximate surface area is 161 Å². The Hall–Kier alpha value is -2.37. The van der Waals surface area contributed by atoms with Crippen molar-refractivity contribution in [2.45, 2.75) is 19.6 Å². The summed E-state index contributed by atoms with van der Waals surface area (Å²) in [6.45, 7) is 9.22. The van der Waals surface area contributed by atoms with Crippen LogP contribution >= 0.6 is 0 Å². The molecule has 142 valence electrons. The van der Waals surface area contributed by atoms with E-state index in [1.54, 1.807) is 0 Å². The highest BCUT2D eigenvalue weighted by atomic mass is 16.5. The average Bonchev–Trinajstić information content (AvgIpc) is 2.75. The molecule has 0 saturated carbocycles. The number of ether oxygens (including phenoxy) is 1. The number of carbonyl (C=O) groups excluding carboxylic acids is 1. The van der Waals surface area contributed by atoms with E-state index in [0.29, 0.717) is 6.61 Å². The zero-order valence-electron chi connectivity index (χ0n) is 15.9. The number of nitrogens with zero attached hydrogens (tertiary/aromatic N) is 2. The normalized spacial score (nSPS) is 25.0. The number of piperazine rings is 3. The van der Waals surface area contributed by atoms with Crippen LogP contribution in [0.2, 0.25) is 0 Å². The third-order valence-electron chi connectivity index (χ3n) is 6.16. The van der Waals surface area contributed by atoms with Crippen LogP contribution in [0.3, 0.4) is 0 Å². The van der Waals surface area contributed by atoms with Gasteiger partial charge in [-0.15, -0.1) is 0 Å². The van der Waals surface area contributed by atoms with Crippen molar-refractivity contribution in [1.82, 2.24) is 4.90 Å². The van der Waals surface area contributed by atoms with Crippen molar-refractivity contribution < 1.29 is 14.0 Å². The Morgan fingerprint density at radius 3 is 2.30 bits per heavy atom. The highest BCUT2D eigenvalue weighted by Crippen LogP contribution is 2.25. The predicted octanol–water partition coefficient (Wildman–Crippen LogP) is 2.74. The first-order chi connectivity index (χ1) is 13.1. The minimum atomic E-state index is -0.0125. The Balaban J connectivity index is 1.33. The van der Waals surface area contributed by atoms with Crippen LogP contribution in [-0.4, -0.2) is 60.6 Å². The molecule has 3 saturated heterocycles. The van der Waals surface area contributed by atoms with E-state index >= 15 is 0 Å². The molecule has 3 aliphatic rings. The Kier molecular flexibility index (Phi) is 5.14. The molecule has 3 aliphatic heterocycles.